The van der Waals surface area contributed by atoms with Crippen LogP contribution in [0.2, 0.25) is 0 Å². The van der Waals surface area contributed by atoms with E-state index in [2.05, 4.69) is 58.7 Å². The van der Waals surface area contributed by atoms with Crippen LogP contribution < -0.4 is 21.5 Å². The summed E-state index contributed by atoms with van der Waals surface area (Å²) in [5.41, 5.74) is 11.3. The molecule has 0 aliphatic rings. The minimum Gasteiger partial charge on any atom is -0.331 e. The third-order valence-corrected chi connectivity index (χ3v) is 3.96. The predicted molar refractivity (Wildman–Crippen MR) is 110 cm³/mol. The van der Waals surface area contributed by atoms with Crippen LogP contribution in [0, 0.1) is 13.8 Å². The highest BCUT2D eigenvalue weighted by Gasteiger charge is 2.03. The summed E-state index contributed by atoms with van der Waals surface area (Å²) < 4.78 is 0. The van der Waals surface area contributed by atoms with Crippen molar-refractivity contribution in [2.24, 2.45) is 0 Å². The zero-order valence-corrected chi connectivity index (χ0v) is 15.7. The lowest BCUT2D eigenvalue weighted by atomic mass is 10.1. The molecule has 4 nitrogen and oxygen atoms in total. The Hall–Kier alpha value is -2.18. The highest BCUT2D eigenvalue weighted by atomic mass is 32.1. The fraction of sp³-hybridized carbons (Fsp3) is 0.222. The second-order valence-corrected chi connectivity index (χ2v) is 6.34. The van der Waals surface area contributed by atoms with Crippen LogP contribution in [0.1, 0.15) is 23.6 Å². The Morgan fingerprint density at radius 2 is 1.50 bits per heavy atom. The van der Waals surface area contributed by atoms with Crippen molar-refractivity contribution in [2.45, 2.75) is 27.2 Å². The summed E-state index contributed by atoms with van der Waals surface area (Å²) in [5, 5.41) is 7.16. The van der Waals surface area contributed by atoms with Gasteiger partial charge in [-0.15, -0.1) is 0 Å². The smallest absolute Gasteiger partial charge is 0.189 e. The molecule has 0 amide bonds. The number of hydrogen-bond acceptors (Lipinski definition) is 2. The lowest BCUT2D eigenvalue weighted by Gasteiger charge is -2.15. The van der Waals surface area contributed by atoms with Gasteiger partial charge in [-0.2, -0.15) is 0 Å². The summed E-state index contributed by atoms with van der Waals surface area (Å²) in [6.07, 6.45) is 1.02. The van der Waals surface area contributed by atoms with Gasteiger partial charge in [0.05, 0.1) is 0 Å². The number of nitrogens with one attached hydrogen (secondary N) is 4. The molecule has 0 unspecified atom stereocenters. The molecule has 2 aromatic carbocycles. The van der Waals surface area contributed by atoms with Gasteiger partial charge in [0.1, 0.15) is 0 Å². The summed E-state index contributed by atoms with van der Waals surface area (Å²) in [4.78, 5) is 0. The summed E-state index contributed by atoms with van der Waals surface area (Å²) in [6.45, 7) is 6.20. The fourth-order valence-electron chi connectivity index (χ4n) is 2.12. The average molecular weight is 359 g/mol. The van der Waals surface area contributed by atoms with Crippen LogP contribution in [-0.2, 0) is 6.42 Å². The Morgan fingerprint density at radius 1 is 0.875 bits per heavy atom. The number of hydrazine groups is 1. The molecule has 0 aliphatic carbocycles. The minimum atomic E-state index is 0.448. The highest BCUT2D eigenvalue weighted by molar-refractivity contribution is 7.81. The fourth-order valence-corrected chi connectivity index (χ4v) is 2.45. The maximum atomic E-state index is 5.28. The van der Waals surface area contributed by atoms with Crippen molar-refractivity contribution in [2.75, 3.05) is 10.6 Å². The zero-order valence-electron chi connectivity index (χ0n) is 14.1. The van der Waals surface area contributed by atoms with Gasteiger partial charge >= 0.3 is 0 Å². The van der Waals surface area contributed by atoms with Crippen molar-refractivity contribution in [1.82, 2.24) is 10.9 Å². The maximum absolute atomic E-state index is 5.28. The van der Waals surface area contributed by atoms with Crippen LogP contribution >= 0.6 is 24.4 Å². The number of anilines is 2. The normalized spacial score (nSPS) is 9.96. The number of hydrogen-bond donors (Lipinski definition) is 4. The summed E-state index contributed by atoms with van der Waals surface area (Å²) in [5.74, 6) is 0. The summed E-state index contributed by atoms with van der Waals surface area (Å²) in [6, 6.07) is 14.3. The van der Waals surface area contributed by atoms with Crippen molar-refractivity contribution in [3.8, 4) is 0 Å². The molecule has 0 bridgehead atoms. The largest absolute Gasteiger partial charge is 0.331 e. The molecule has 2 aromatic rings. The van der Waals surface area contributed by atoms with E-state index >= 15 is 0 Å². The molecule has 4 N–H and O–H groups in total. The number of thiocarbonyl (C=S) groups is 2. The van der Waals surface area contributed by atoms with E-state index in [1.165, 1.54) is 11.1 Å². The molecular weight excluding hydrogens is 336 g/mol. The molecule has 6 heteroatoms. The second kappa shape index (κ2) is 8.61. The van der Waals surface area contributed by atoms with Crippen molar-refractivity contribution in [3.63, 3.8) is 0 Å². The van der Waals surface area contributed by atoms with Crippen LogP contribution in [-0.4, -0.2) is 10.2 Å². The number of aryl methyl sites for hydroxylation is 3. The van der Waals surface area contributed by atoms with Gasteiger partial charge in [0, 0.05) is 11.4 Å². The van der Waals surface area contributed by atoms with E-state index in [1.807, 2.05) is 26.0 Å². The molecule has 0 spiro atoms. The molecule has 0 saturated carbocycles. The van der Waals surface area contributed by atoms with Crippen molar-refractivity contribution in [3.05, 3.63) is 59.2 Å². The standard InChI is InChI=1S/C18H22N4S2/c1-4-14-7-9-15(10-8-14)19-17(23)21-22-18(24)20-16-11-12(2)5-6-13(16)3/h5-11H,4H2,1-3H3,(H2,19,21,23)(H2,20,22,24). The highest BCUT2D eigenvalue weighted by Crippen LogP contribution is 2.16. The third-order valence-electron chi connectivity index (χ3n) is 3.55. The zero-order chi connectivity index (χ0) is 17.5. The lowest BCUT2D eigenvalue weighted by Crippen LogP contribution is -2.45. The van der Waals surface area contributed by atoms with Gasteiger partial charge in [0.25, 0.3) is 0 Å². The van der Waals surface area contributed by atoms with E-state index in [-0.39, 0.29) is 0 Å². The van der Waals surface area contributed by atoms with E-state index in [4.69, 9.17) is 24.4 Å². The Balaban J connectivity index is 1.82. The van der Waals surface area contributed by atoms with E-state index in [0.29, 0.717) is 10.2 Å². The van der Waals surface area contributed by atoms with Gasteiger partial charge < -0.3 is 10.6 Å². The molecule has 24 heavy (non-hydrogen) atoms. The van der Waals surface area contributed by atoms with E-state index < -0.39 is 0 Å². The summed E-state index contributed by atoms with van der Waals surface area (Å²) in [7, 11) is 0. The minimum absolute atomic E-state index is 0.448. The first-order valence-electron chi connectivity index (χ1n) is 7.78. The Bertz CT molecular complexity index is 726. The SMILES string of the molecule is CCc1ccc(NC(=S)NNC(=S)Nc2cc(C)ccc2C)cc1. The van der Waals surface area contributed by atoms with Gasteiger partial charge in [-0.1, -0.05) is 31.2 Å². The molecule has 2 rings (SSSR count). The third kappa shape index (κ3) is 5.47. The molecule has 0 heterocycles. The van der Waals surface area contributed by atoms with Crippen LogP contribution in [0.5, 0.6) is 0 Å². The average Bonchev–Trinajstić information content (AvgIpc) is 2.57. The molecule has 0 saturated heterocycles. The van der Waals surface area contributed by atoms with Crippen LogP contribution in [0.3, 0.4) is 0 Å². The van der Waals surface area contributed by atoms with Gasteiger partial charge in [-0.25, -0.2) is 0 Å². The molecule has 0 aromatic heterocycles. The molecule has 0 atom stereocenters. The van der Waals surface area contributed by atoms with Crippen molar-refractivity contribution >= 4 is 46.0 Å². The summed E-state index contributed by atoms with van der Waals surface area (Å²) >= 11 is 10.5. The first-order chi connectivity index (χ1) is 11.5. The topological polar surface area (TPSA) is 48.1 Å². The van der Waals surface area contributed by atoms with Crippen molar-refractivity contribution in [1.29, 1.82) is 0 Å². The van der Waals surface area contributed by atoms with Gasteiger partial charge in [-0.3, -0.25) is 10.9 Å². The predicted octanol–water partition coefficient (Wildman–Crippen LogP) is 4.05. The molecule has 126 valence electrons. The molecule has 0 radical (unpaired) electrons. The van der Waals surface area contributed by atoms with Crippen LogP contribution in [0.15, 0.2) is 42.5 Å². The number of benzene rings is 2. The molecular formula is C18H22N4S2. The lowest BCUT2D eigenvalue weighted by molar-refractivity contribution is 0.885. The Labute approximate surface area is 154 Å². The first-order valence-corrected chi connectivity index (χ1v) is 8.59. The quantitative estimate of drug-likeness (QED) is 0.490. The number of rotatable bonds is 3. The molecule has 0 aliphatic heterocycles. The van der Waals surface area contributed by atoms with E-state index in [1.54, 1.807) is 0 Å². The van der Waals surface area contributed by atoms with E-state index in [0.717, 1.165) is 23.4 Å². The first kappa shape index (κ1) is 18.2. The van der Waals surface area contributed by atoms with Gasteiger partial charge in [-0.05, 0) is 79.6 Å². The van der Waals surface area contributed by atoms with Gasteiger partial charge in [0.15, 0.2) is 10.2 Å². The monoisotopic (exact) mass is 358 g/mol. The van der Waals surface area contributed by atoms with Crippen LogP contribution in [0.4, 0.5) is 11.4 Å². The van der Waals surface area contributed by atoms with Crippen molar-refractivity contribution < 1.29 is 0 Å². The van der Waals surface area contributed by atoms with E-state index in [9.17, 15) is 0 Å². The van der Waals surface area contributed by atoms with Crippen LogP contribution in [0.25, 0.3) is 0 Å². The maximum Gasteiger partial charge on any atom is 0.189 e. The second-order valence-electron chi connectivity index (χ2n) is 5.53. The van der Waals surface area contributed by atoms with Gasteiger partial charge in [0.2, 0.25) is 0 Å². The Morgan fingerprint density at radius 3 is 2.12 bits per heavy atom. The molecule has 0 fully saturated rings. The Kier molecular flexibility index (Phi) is 6.52.